The van der Waals surface area contributed by atoms with Gasteiger partial charge in [0.15, 0.2) is 0 Å². The van der Waals surface area contributed by atoms with Gasteiger partial charge in [0, 0.05) is 6.04 Å². The lowest BCUT2D eigenvalue weighted by Gasteiger charge is -2.03. The molecule has 0 amide bonds. The molecular weight excluding hydrogens is 100 g/mol. The Morgan fingerprint density at radius 1 is 1.75 bits per heavy atom. The van der Waals surface area contributed by atoms with Crippen molar-refractivity contribution in [2.24, 2.45) is 5.73 Å². The SMILES string of the molecule is CCCC(N)CC=N. The van der Waals surface area contributed by atoms with Crippen LogP contribution in [0.3, 0.4) is 0 Å². The molecule has 0 aliphatic carbocycles. The zero-order valence-electron chi connectivity index (χ0n) is 5.35. The molecule has 0 heterocycles. The summed E-state index contributed by atoms with van der Waals surface area (Å²) >= 11 is 0. The Labute approximate surface area is 50.6 Å². The number of rotatable bonds is 4. The van der Waals surface area contributed by atoms with Crippen molar-refractivity contribution in [2.75, 3.05) is 0 Å². The normalized spacial score (nSPS) is 13.2. The third kappa shape index (κ3) is 3.81. The van der Waals surface area contributed by atoms with Crippen molar-refractivity contribution in [3.8, 4) is 0 Å². The molecule has 0 aromatic heterocycles. The van der Waals surface area contributed by atoms with Crippen LogP contribution in [0.2, 0.25) is 0 Å². The lowest BCUT2D eigenvalue weighted by atomic mass is 10.1. The number of hydrogen-bond donors (Lipinski definition) is 2. The summed E-state index contributed by atoms with van der Waals surface area (Å²) in [4.78, 5) is 0. The van der Waals surface area contributed by atoms with E-state index >= 15 is 0 Å². The molecule has 0 aliphatic rings. The van der Waals surface area contributed by atoms with E-state index in [1.54, 1.807) is 0 Å². The zero-order valence-corrected chi connectivity index (χ0v) is 5.35. The fraction of sp³-hybridized carbons (Fsp3) is 0.833. The molecule has 0 fully saturated rings. The highest BCUT2D eigenvalue weighted by Gasteiger charge is 1.95. The molecule has 0 spiro atoms. The summed E-state index contributed by atoms with van der Waals surface area (Å²) in [5.74, 6) is 0. The predicted octanol–water partition coefficient (Wildman–Crippen LogP) is 1.15. The first kappa shape index (κ1) is 7.63. The van der Waals surface area contributed by atoms with Crippen LogP contribution in [-0.4, -0.2) is 12.3 Å². The first-order valence-corrected chi connectivity index (χ1v) is 3.05. The molecule has 0 aromatic carbocycles. The first-order valence-electron chi connectivity index (χ1n) is 3.05. The van der Waals surface area contributed by atoms with Crippen LogP contribution in [0.5, 0.6) is 0 Å². The second-order valence-electron chi connectivity index (χ2n) is 1.99. The molecule has 0 radical (unpaired) electrons. The molecule has 0 aliphatic heterocycles. The second-order valence-corrected chi connectivity index (χ2v) is 1.99. The average Bonchev–Trinajstić information content (AvgIpc) is 1.68. The smallest absolute Gasteiger partial charge is 0.00880 e. The third-order valence-electron chi connectivity index (χ3n) is 1.08. The maximum absolute atomic E-state index is 6.71. The summed E-state index contributed by atoms with van der Waals surface area (Å²) in [6.45, 7) is 2.10. The van der Waals surface area contributed by atoms with Crippen molar-refractivity contribution in [1.29, 1.82) is 5.41 Å². The number of nitrogens with two attached hydrogens (primary N) is 1. The van der Waals surface area contributed by atoms with Gasteiger partial charge in [-0.25, -0.2) is 0 Å². The van der Waals surface area contributed by atoms with Crippen LogP contribution in [0, 0.1) is 5.41 Å². The third-order valence-corrected chi connectivity index (χ3v) is 1.08. The van der Waals surface area contributed by atoms with Gasteiger partial charge >= 0.3 is 0 Å². The molecule has 1 atom stereocenters. The van der Waals surface area contributed by atoms with E-state index in [0.717, 1.165) is 19.3 Å². The summed E-state index contributed by atoms with van der Waals surface area (Å²) in [7, 11) is 0. The molecule has 1 unspecified atom stereocenters. The van der Waals surface area contributed by atoms with Gasteiger partial charge in [0.2, 0.25) is 0 Å². The summed E-state index contributed by atoms with van der Waals surface area (Å²) in [6.07, 6.45) is 4.26. The van der Waals surface area contributed by atoms with Crippen molar-refractivity contribution >= 4 is 6.21 Å². The van der Waals surface area contributed by atoms with E-state index in [2.05, 4.69) is 6.92 Å². The highest BCUT2D eigenvalue weighted by atomic mass is 14.6. The molecule has 48 valence electrons. The van der Waals surface area contributed by atoms with Crippen molar-refractivity contribution in [2.45, 2.75) is 32.2 Å². The van der Waals surface area contributed by atoms with Gasteiger partial charge in [-0.05, 0) is 19.1 Å². The molecule has 0 saturated heterocycles. The predicted molar refractivity (Wildman–Crippen MR) is 36.3 cm³/mol. The quantitative estimate of drug-likeness (QED) is 0.529. The van der Waals surface area contributed by atoms with Gasteiger partial charge in [-0.1, -0.05) is 13.3 Å². The molecule has 0 rings (SSSR count). The van der Waals surface area contributed by atoms with Crippen molar-refractivity contribution in [3.63, 3.8) is 0 Å². The monoisotopic (exact) mass is 114 g/mol. The van der Waals surface area contributed by atoms with Crippen LogP contribution in [0.4, 0.5) is 0 Å². The van der Waals surface area contributed by atoms with Gasteiger partial charge in [0.25, 0.3) is 0 Å². The molecular formula is C6H14N2. The molecule has 0 saturated carbocycles. The Balaban J connectivity index is 3.03. The van der Waals surface area contributed by atoms with Crippen molar-refractivity contribution < 1.29 is 0 Å². The lowest BCUT2D eigenvalue weighted by molar-refractivity contribution is 0.626. The summed E-state index contributed by atoms with van der Waals surface area (Å²) in [5, 5.41) is 6.71. The molecule has 0 bridgehead atoms. The minimum atomic E-state index is 0.220. The van der Waals surface area contributed by atoms with Gasteiger partial charge in [-0.2, -0.15) is 0 Å². The molecule has 2 heteroatoms. The van der Waals surface area contributed by atoms with E-state index in [9.17, 15) is 0 Å². The summed E-state index contributed by atoms with van der Waals surface area (Å²) in [5.41, 5.74) is 5.54. The highest BCUT2D eigenvalue weighted by molar-refractivity contribution is 5.53. The van der Waals surface area contributed by atoms with Gasteiger partial charge < -0.3 is 11.1 Å². The lowest BCUT2D eigenvalue weighted by Crippen LogP contribution is -2.19. The Bertz CT molecular complexity index is 61.5. The Kier molecular flexibility index (Phi) is 4.56. The largest absolute Gasteiger partial charge is 0.327 e. The number of nitrogens with one attached hydrogen (secondary N) is 1. The van der Waals surface area contributed by atoms with Gasteiger partial charge in [-0.3, -0.25) is 0 Å². The Morgan fingerprint density at radius 3 is 2.75 bits per heavy atom. The number of hydrogen-bond acceptors (Lipinski definition) is 2. The second kappa shape index (κ2) is 4.78. The highest BCUT2D eigenvalue weighted by Crippen LogP contribution is 1.94. The Morgan fingerprint density at radius 2 is 2.38 bits per heavy atom. The first-order chi connectivity index (χ1) is 3.81. The maximum atomic E-state index is 6.71. The Hall–Kier alpha value is -0.370. The fourth-order valence-corrected chi connectivity index (χ4v) is 0.640. The summed E-state index contributed by atoms with van der Waals surface area (Å²) < 4.78 is 0. The van der Waals surface area contributed by atoms with Crippen LogP contribution < -0.4 is 5.73 Å². The van der Waals surface area contributed by atoms with Crippen LogP contribution >= 0.6 is 0 Å². The minimum absolute atomic E-state index is 0.220. The molecule has 0 aromatic rings. The van der Waals surface area contributed by atoms with E-state index in [0.29, 0.717) is 0 Å². The van der Waals surface area contributed by atoms with E-state index < -0.39 is 0 Å². The van der Waals surface area contributed by atoms with E-state index in [-0.39, 0.29) is 6.04 Å². The zero-order chi connectivity index (χ0) is 6.41. The molecule has 3 N–H and O–H groups in total. The molecule has 8 heavy (non-hydrogen) atoms. The standard InChI is InChI=1S/C6H14N2/c1-2-3-6(8)4-5-7/h5-7H,2-4,8H2,1H3. The summed E-state index contributed by atoms with van der Waals surface area (Å²) in [6, 6.07) is 0.220. The minimum Gasteiger partial charge on any atom is -0.327 e. The van der Waals surface area contributed by atoms with Crippen LogP contribution in [0.1, 0.15) is 26.2 Å². The topological polar surface area (TPSA) is 49.9 Å². The van der Waals surface area contributed by atoms with Crippen molar-refractivity contribution in [1.82, 2.24) is 0 Å². The van der Waals surface area contributed by atoms with E-state index in [1.165, 1.54) is 6.21 Å². The maximum Gasteiger partial charge on any atom is 0.00880 e. The van der Waals surface area contributed by atoms with Gasteiger partial charge in [0.1, 0.15) is 0 Å². The fourth-order valence-electron chi connectivity index (χ4n) is 0.640. The average molecular weight is 114 g/mol. The van der Waals surface area contributed by atoms with Crippen LogP contribution in [0.25, 0.3) is 0 Å². The van der Waals surface area contributed by atoms with Gasteiger partial charge in [-0.15, -0.1) is 0 Å². The van der Waals surface area contributed by atoms with E-state index in [4.69, 9.17) is 11.1 Å². The van der Waals surface area contributed by atoms with Crippen LogP contribution in [0.15, 0.2) is 0 Å². The van der Waals surface area contributed by atoms with Crippen LogP contribution in [-0.2, 0) is 0 Å². The van der Waals surface area contributed by atoms with Gasteiger partial charge in [0.05, 0.1) is 0 Å². The molecule has 2 nitrogen and oxygen atoms in total. The van der Waals surface area contributed by atoms with Crippen molar-refractivity contribution in [3.05, 3.63) is 0 Å². The van der Waals surface area contributed by atoms with E-state index in [1.807, 2.05) is 0 Å².